The molecule has 0 aromatic carbocycles. The summed E-state index contributed by atoms with van der Waals surface area (Å²) in [5.41, 5.74) is 7.25. The van der Waals surface area contributed by atoms with E-state index in [2.05, 4.69) is 32.3 Å². The van der Waals surface area contributed by atoms with Crippen LogP contribution >= 0.6 is 11.3 Å². The van der Waals surface area contributed by atoms with Gasteiger partial charge in [-0.1, -0.05) is 12.6 Å². The largest absolute Gasteiger partial charge is 0.306 e. The second-order valence-corrected chi connectivity index (χ2v) is 6.74. The lowest BCUT2D eigenvalue weighted by Gasteiger charge is -2.20. The normalized spacial score (nSPS) is 13.6. The van der Waals surface area contributed by atoms with Gasteiger partial charge in [-0.2, -0.15) is 0 Å². The minimum atomic E-state index is 0.748. The first-order valence-electron chi connectivity index (χ1n) is 8.21. The summed E-state index contributed by atoms with van der Waals surface area (Å²) in [6, 6.07) is 7.99. The third-order valence-corrected chi connectivity index (χ3v) is 4.80. The lowest BCUT2D eigenvalue weighted by Crippen LogP contribution is -2.29. The summed E-state index contributed by atoms with van der Waals surface area (Å²) < 4.78 is 0. The molecule has 1 aliphatic rings. The van der Waals surface area contributed by atoms with Crippen LogP contribution in [0.4, 0.5) is 5.82 Å². The fourth-order valence-electron chi connectivity index (χ4n) is 2.73. The zero-order valence-electron chi connectivity index (χ0n) is 14.1. The van der Waals surface area contributed by atoms with Crippen LogP contribution in [0.25, 0.3) is 5.57 Å². The maximum atomic E-state index is 4.47. The SMILES string of the molecule is C=C1C(c2cccnc2)=CNN1c1cc(CNCc2nccs2)ccn1. The van der Waals surface area contributed by atoms with Crippen LogP contribution in [0, 0.1) is 0 Å². The second-order valence-electron chi connectivity index (χ2n) is 5.76. The van der Waals surface area contributed by atoms with Crippen LogP contribution in [0.2, 0.25) is 0 Å². The summed E-state index contributed by atoms with van der Waals surface area (Å²) in [5.74, 6) is 0.804. The Hall–Kier alpha value is -3.03. The first kappa shape index (κ1) is 16.4. The number of nitrogens with one attached hydrogen (secondary N) is 2. The van der Waals surface area contributed by atoms with Crippen LogP contribution < -0.4 is 15.8 Å². The highest BCUT2D eigenvalue weighted by atomic mass is 32.1. The van der Waals surface area contributed by atoms with Crippen LogP contribution in [0.5, 0.6) is 0 Å². The van der Waals surface area contributed by atoms with E-state index < -0.39 is 0 Å². The molecule has 26 heavy (non-hydrogen) atoms. The van der Waals surface area contributed by atoms with Crippen molar-refractivity contribution in [3.05, 3.63) is 89.0 Å². The van der Waals surface area contributed by atoms with Crippen molar-refractivity contribution < 1.29 is 0 Å². The first-order valence-corrected chi connectivity index (χ1v) is 9.09. The maximum Gasteiger partial charge on any atom is 0.152 e. The number of hydrogen-bond donors (Lipinski definition) is 2. The van der Waals surface area contributed by atoms with E-state index in [4.69, 9.17) is 0 Å². The Kier molecular flexibility index (Phi) is 4.72. The molecule has 3 aromatic heterocycles. The van der Waals surface area contributed by atoms with Crippen LogP contribution in [-0.4, -0.2) is 15.0 Å². The van der Waals surface area contributed by atoms with Gasteiger partial charge in [-0.05, 0) is 23.8 Å². The van der Waals surface area contributed by atoms with Crippen LogP contribution in [0.15, 0.2) is 72.9 Å². The van der Waals surface area contributed by atoms with Crippen molar-refractivity contribution in [3.8, 4) is 0 Å². The fourth-order valence-corrected chi connectivity index (χ4v) is 3.32. The number of hydrogen-bond acceptors (Lipinski definition) is 7. The van der Waals surface area contributed by atoms with Crippen molar-refractivity contribution in [1.82, 2.24) is 25.7 Å². The third kappa shape index (κ3) is 3.49. The summed E-state index contributed by atoms with van der Waals surface area (Å²) in [6.07, 6.45) is 9.15. The monoisotopic (exact) mass is 362 g/mol. The zero-order valence-corrected chi connectivity index (χ0v) is 14.9. The number of nitrogens with zero attached hydrogens (tertiary/aromatic N) is 4. The lowest BCUT2D eigenvalue weighted by atomic mass is 10.1. The Morgan fingerprint density at radius 3 is 2.92 bits per heavy atom. The number of anilines is 1. The summed E-state index contributed by atoms with van der Waals surface area (Å²) in [7, 11) is 0. The Balaban J connectivity index is 1.43. The molecule has 0 amide bonds. The molecule has 0 aliphatic carbocycles. The molecule has 7 heteroatoms. The smallest absolute Gasteiger partial charge is 0.152 e. The molecule has 4 rings (SSSR count). The maximum absolute atomic E-state index is 4.47. The van der Waals surface area contributed by atoms with Gasteiger partial charge < -0.3 is 5.32 Å². The average Bonchev–Trinajstić information content (AvgIpc) is 3.32. The Morgan fingerprint density at radius 2 is 2.12 bits per heavy atom. The number of thiazole rings is 1. The summed E-state index contributed by atoms with van der Waals surface area (Å²) in [6.45, 7) is 5.71. The standard InChI is InChI=1S/C19H18N6S/c1-14-17(16-3-2-5-20-11-16)12-24-25(14)18-9-15(4-6-22-18)10-21-13-19-23-7-8-26-19/h2-9,11-12,21,24H,1,10,13H2. The van der Waals surface area contributed by atoms with E-state index in [1.807, 2.05) is 59.4 Å². The fraction of sp³-hybridized carbons (Fsp3) is 0.105. The molecule has 0 spiro atoms. The second kappa shape index (κ2) is 7.47. The highest BCUT2D eigenvalue weighted by Gasteiger charge is 2.21. The van der Waals surface area contributed by atoms with Crippen molar-refractivity contribution >= 4 is 22.7 Å². The molecule has 0 fully saturated rings. The van der Waals surface area contributed by atoms with Gasteiger partial charge in [0.25, 0.3) is 0 Å². The molecule has 0 radical (unpaired) electrons. The lowest BCUT2D eigenvalue weighted by molar-refractivity contribution is 0.688. The first-order chi connectivity index (χ1) is 12.8. The number of aromatic nitrogens is 3. The van der Waals surface area contributed by atoms with Gasteiger partial charge in [-0.3, -0.25) is 10.4 Å². The van der Waals surface area contributed by atoms with Crippen molar-refractivity contribution in [2.75, 3.05) is 5.01 Å². The third-order valence-electron chi connectivity index (χ3n) is 4.02. The molecule has 2 N–H and O–H groups in total. The van der Waals surface area contributed by atoms with Gasteiger partial charge in [0.15, 0.2) is 5.82 Å². The molecule has 130 valence electrons. The van der Waals surface area contributed by atoms with Gasteiger partial charge in [-0.15, -0.1) is 11.3 Å². The average molecular weight is 362 g/mol. The number of pyridine rings is 2. The van der Waals surface area contributed by atoms with Gasteiger partial charge in [0.2, 0.25) is 0 Å². The van der Waals surface area contributed by atoms with Gasteiger partial charge in [0.1, 0.15) is 5.01 Å². The molecular formula is C19H18N6S. The van der Waals surface area contributed by atoms with Gasteiger partial charge in [-0.25, -0.2) is 15.0 Å². The molecule has 3 aromatic rings. The molecule has 6 nitrogen and oxygen atoms in total. The van der Waals surface area contributed by atoms with E-state index in [1.54, 1.807) is 17.5 Å². The van der Waals surface area contributed by atoms with E-state index >= 15 is 0 Å². The molecule has 0 atom stereocenters. The molecular weight excluding hydrogens is 344 g/mol. The molecule has 1 aliphatic heterocycles. The predicted molar refractivity (Wildman–Crippen MR) is 104 cm³/mol. The topological polar surface area (TPSA) is 66.0 Å². The molecule has 4 heterocycles. The van der Waals surface area contributed by atoms with Crippen LogP contribution in [0.1, 0.15) is 16.1 Å². The summed E-state index contributed by atoms with van der Waals surface area (Å²) in [5, 5.41) is 8.35. The molecule has 0 saturated heterocycles. The van der Waals surface area contributed by atoms with Crippen molar-refractivity contribution in [1.29, 1.82) is 0 Å². The summed E-state index contributed by atoms with van der Waals surface area (Å²) in [4.78, 5) is 12.9. The van der Waals surface area contributed by atoms with E-state index in [-0.39, 0.29) is 0 Å². The molecule has 0 saturated carbocycles. The Labute approximate surface area is 155 Å². The van der Waals surface area contributed by atoms with Crippen molar-refractivity contribution in [3.63, 3.8) is 0 Å². The highest BCUT2D eigenvalue weighted by Crippen LogP contribution is 2.30. The van der Waals surface area contributed by atoms with E-state index in [1.165, 1.54) is 0 Å². The zero-order chi connectivity index (χ0) is 17.8. The minimum absolute atomic E-state index is 0.748. The predicted octanol–water partition coefficient (Wildman–Crippen LogP) is 3.10. The number of hydrazine groups is 1. The Morgan fingerprint density at radius 1 is 1.15 bits per heavy atom. The Bertz CT molecular complexity index is 920. The molecule has 0 bridgehead atoms. The number of rotatable bonds is 6. The van der Waals surface area contributed by atoms with Crippen molar-refractivity contribution in [2.45, 2.75) is 13.1 Å². The van der Waals surface area contributed by atoms with E-state index in [9.17, 15) is 0 Å². The summed E-state index contributed by atoms with van der Waals surface area (Å²) >= 11 is 1.65. The van der Waals surface area contributed by atoms with Gasteiger partial charge in [0.05, 0.1) is 5.70 Å². The minimum Gasteiger partial charge on any atom is -0.306 e. The number of allylic oxidation sites excluding steroid dienone is 1. The quantitative estimate of drug-likeness (QED) is 0.702. The van der Waals surface area contributed by atoms with Crippen LogP contribution in [0.3, 0.4) is 0 Å². The van der Waals surface area contributed by atoms with Crippen LogP contribution in [-0.2, 0) is 13.1 Å². The molecule has 0 unspecified atom stereocenters. The van der Waals surface area contributed by atoms with Crippen molar-refractivity contribution in [2.24, 2.45) is 0 Å². The highest BCUT2D eigenvalue weighted by molar-refractivity contribution is 7.09. The van der Waals surface area contributed by atoms with E-state index in [0.717, 1.165) is 46.3 Å². The van der Waals surface area contributed by atoms with Gasteiger partial charge >= 0.3 is 0 Å². The van der Waals surface area contributed by atoms with Gasteiger partial charge in [0, 0.05) is 60.6 Å². The van der Waals surface area contributed by atoms with E-state index in [0.29, 0.717) is 0 Å².